The standard InChI is InChI=1S/C12H17N/c1-9-3-6-12-10(7-9)4-5-11(12)8-13-2/h3,6-7,11,13H,4-5,8H2,1-2H3. The Morgan fingerprint density at radius 1 is 1.46 bits per heavy atom. The minimum Gasteiger partial charge on any atom is -0.319 e. The molecular weight excluding hydrogens is 158 g/mol. The van der Waals surface area contributed by atoms with E-state index in [1.807, 2.05) is 7.05 Å². The highest BCUT2D eigenvalue weighted by molar-refractivity contribution is 5.38. The van der Waals surface area contributed by atoms with Crippen molar-refractivity contribution < 1.29 is 0 Å². The highest BCUT2D eigenvalue weighted by Crippen LogP contribution is 2.32. The number of aryl methyl sites for hydroxylation is 2. The van der Waals surface area contributed by atoms with E-state index in [1.54, 1.807) is 11.1 Å². The summed E-state index contributed by atoms with van der Waals surface area (Å²) in [5, 5.41) is 3.27. The molecule has 0 fully saturated rings. The van der Waals surface area contributed by atoms with Gasteiger partial charge in [-0.05, 0) is 43.9 Å². The van der Waals surface area contributed by atoms with Crippen LogP contribution < -0.4 is 5.32 Å². The van der Waals surface area contributed by atoms with Gasteiger partial charge in [0.15, 0.2) is 0 Å². The van der Waals surface area contributed by atoms with Crippen LogP contribution in [-0.4, -0.2) is 13.6 Å². The van der Waals surface area contributed by atoms with Gasteiger partial charge in [-0.1, -0.05) is 23.8 Å². The van der Waals surface area contributed by atoms with Crippen molar-refractivity contribution in [3.05, 3.63) is 34.9 Å². The van der Waals surface area contributed by atoms with E-state index in [2.05, 4.69) is 30.4 Å². The molecule has 0 heterocycles. The molecule has 0 bridgehead atoms. The van der Waals surface area contributed by atoms with Crippen molar-refractivity contribution in [3.8, 4) is 0 Å². The van der Waals surface area contributed by atoms with Crippen LogP contribution in [-0.2, 0) is 6.42 Å². The number of hydrogen-bond donors (Lipinski definition) is 1. The van der Waals surface area contributed by atoms with Crippen molar-refractivity contribution in [2.75, 3.05) is 13.6 Å². The normalized spacial score (nSPS) is 20.3. The van der Waals surface area contributed by atoms with Crippen LogP contribution in [0.3, 0.4) is 0 Å². The van der Waals surface area contributed by atoms with Crippen LogP contribution >= 0.6 is 0 Å². The second-order valence-corrected chi connectivity index (χ2v) is 4.00. The molecular formula is C12H17N. The maximum atomic E-state index is 3.27. The van der Waals surface area contributed by atoms with Crippen molar-refractivity contribution in [1.82, 2.24) is 5.32 Å². The molecule has 1 aromatic rings. The molecule has 1 atom stereocenters. The average molecular weight is 175 g/mol. The average Bonchev–Trinajstić information content (AvgIpc) is 2.49. The molecule has 1 unspecified atom stereocenters. The molecule has 70 valence electrons. The summed E-state index contributed by atoms with van der Waals surface area (Å²) in [6, 6.07) is 6.87. The van der Waals surface area contributed by atoms with Crippen molar-refractivity contribution in [1.29, 1.82) is 0 Å². The maximum absolute atomic E-state index is 3.27. The molecule has 0 saturated carbocycles. The Morgan fingerprint density at radius 2 is 2.31 bits per heavy atom. The topological polar surface area (TPSA) is 12.0 Å². The van der Waals surface area contributed by atoms with Crippen LogP contribution in [0.4, 0.5) is 0 Å². The minimum atomic E-state index is 0.751. The Labute approximate surface area is 80.2 Å². The molecule has 0 saturated heterocycles. The molecule has 1 aromatic carbocycles. The van der Waals surface area contributed by atoms with E-state index in [1.165, 1.54) is 18.4 Å². The van der Waals surface area contributed by atoms with E-state index in [0.717, 1.165) is 12.5 Å². The van der Waals surface area contributed by atoms with Gasteiger partial charge in [-0.15, -0.1) is 0 Å². The lowest BCUT2D eigenvalue weighted by Gasteiger charge is -2.10. The first-order chi connectivity index (χ1) is 6.31. The van der Waals surface area contributed by atoms with E-state index in [4.69, 9.17) is 0 Å². The molecule has 0 aromatic heterocycles. The van der Waals surface area contributed by atoms with Crippen LogP contribution in [0.2, 0.25) is 0 Å². The van der Waals surface area contributed by atoms with Crippen molar-refractivity contribution >= 4 is 0 Å². The predicted molar refractivity (Wildman–Crippen MR) is 56.2 cm³/mol. The van der Waals surface area contributed by atoms with Crippen LogP contribution in [0.5, 0.6) is 0 Å². The number of nitrogens with one attached hydrogen (secondary N) is 1. The Hall–Kier alpha value is -0.820. The number of hydrogen-bond acceptors (Lipinski definition) is 1. The molecule has 1 aliphatic carbocycles. The third-order valence-corrected chi connectivity index (χ3v) is 2.95. The van der Waals surface area contributed by atoms with Crippen LogP contribution in [0, 0.1) is 6.92 Å². The highest BCUT2D eigenvalue weighted by atomic mass is 14.8. The van der Waals surface area contributed by atoms with Crippen molar-refractivity contribution in [3.63, 3.8) is 0 Å². The van der Waals surface area contributed by atoms with Gasteiger partial charge in [-0.3, -0.25) is 0 Å². The van der Waals surface area contributed by atoms with Gasteiger partial charge in [0.1, 0.15) is 0 Å². The smallest absolute Gasteiger partial charge is 0.00173 e. The van der Waals surface area contributed by atoms with E-state index in [0.29, 0.717) is 0 Å². The summed E-state index contributed by atoms with van der Waals surface area (Å²) in [5.41, 5.74) is 4.53. The van der Waals surface area contributed by atoms with Gasteiger partial charge in [0.2, 0.25) is 0 Å². The van der Waals surface area contributed by atoms with E-state index >= 15 is 0 Å². The van der Waals surface area contributed by atoms with E-state index in [-0.39, 0.29) is 0 Å². The predicted octanol–water partition coefficient (Wildman–Crippen LogP) is 2.24. The van der Waals surface area contributed by atoms with Crippen molar-refractivity contribution in [2.24, 2.45) is 0 Å². The summed E-state index contributed by atoms with van der Waals surface area (Å²) in [5.74, 6) is 0.751. The fourth-order valence-electron chi connectivity index (χ4n) is 2.29. The number of likely N-dealkylation sites (N-methyl/N-ethyl adjacent to an activating group) is 1. The van der Waals surface area contributed by atoms with Gasteiger partial charge < -0.3 is 5.32 Å². The van der Waals surface area contributed by atoms with Gasteiger partial charge in [0.05, 0.1) is 0 Å². The lowest BCUT2D eigenvalue weighted by atomic mass is 10.0. The summed E-state index contributed by atoms with van der Waals surface area (Å²) in [6.07, 6.45) is 2.59. The van der Waals surface area contributed by atoms with Crippen LogP contribution in [0.1, 0.15) is 29.0 Å². The third-order valence-electron chi connectivity index (χ3n) is 2.95. The lowest BCUT2D eigenvalue weighted by Crippen LogP contribution is -2.14. The first-order valence-electron chi connectivity index (χ1n) is 5.05. The molecule has 1 nitrogen and oxygen atoms in total. The first-order valence-corrected chi connectivity index (χ1v) is 5.05. The zero-order valence-corrected chi connectivity index (χ0v) is 8.43. The van der Waals surface area contributed by atoms with Gasteiger partial charge in [0.25, 0.3) is 0 Å². The van der Waals surface area contributed by atoms with Gasteiger partial charge in [-0.2, -0.15) is 0 Å². The van der Waals surface area contributed by atoms with Gasteiger partial charge in [0, 0.05) is 6.54 Å². The third kappa shape index (κ3) is 1.61. The second kappa shape index (κ2) is 3.51. The van der Waals surface area contributed by atoms with Gasteiger partial charge in [-0.25, -0.2) is 0 Å². The van der Waals surface area contributed by atoms with Crippen LogP contribution in [0.25, 0.3) is 0 Å². The monoisotopic (exact) mass is 175 g/mol. The van der Waals surface area contributed by atoms with Gasteiger partial charge >= 0.3 is 0 Å². The lowest BCUT2D eigenvalue weighted by molar-refractivity contribution is 0.623. The minimum absolute atomic E-state index is 0.751. The molecule has 0 spiro atoms. The van der Waals surface area contributed by atoms with E-state index in [9.17, 15) is 0 Å². The fourth-order valence-corrected chi connectivity index (χ4v) is 2.29. The van der Waals surface area contributed by atoms with Crippen molar-refractivity contribution in [2.45, 2.75) is 25.7 Å². The first kappa shape index (κ1) is 8.76. The second-order valence-electron chi connectivity index (χ2n) is 4.00. The number of rotatable bonds is 2. The molecule has 13 heavy (non-hydrogen) atoms. The summed E-state index contributed by atoms with van der Waals surface area (Å²) in [6.45, 7) is 3.29. The van der Waals surface area contributed by atoms with Crippen LogP contribution in [0.15, 0.2) is 18.2 Å². The number of fused-ring (bicyclic) bond motifs is 1. The Kier molecular flexibility index (Phi) is 2.36. The number of benzene rings is 1. The summed E-state index contributed by atoms with van der Waals surface area (Å²) < 4.78 is 0. The molecule has 1 N–H and O–H groups in total. The quantitative estimate of drug-likeness (QED) is 0.727. The Balaban J connectivity index is 2.27. The molecule has 0 radical (unpaired) electrons. The largest absolute Gasteiger partial charge is 0.319 e. The summed E-state index contributed by atoms with van der Waals surface area (Å²) >= 11 is 0. The highest BCUT2D eigenvalue weighted by Gasteiger charge is 2.20. The molecule has 1 heteroatoms. The molecule has 0 amide bonds. The molecule has 2 rings (SSSR count). The molecule has 1 aliphatic rings. The van der Waals surface area contributed by atoms with E-state index < -0.39 is 0 Å². The SMILES string of the molecule is CNCC1CCc2cc(C)ccc21. The Morgan fingerprint density at radius 3 is 3.08 bits per heavy atom. The Bertz CT molecular complexity index is 304. The summed E-state index contributed by atoms with van der Waals surface area (Å²) in [7, 11) is 2.03. The zero-order valence-electron chi connectivity index (χ0n) is 8.43. The fraction of sp³-hybridized carbons (Fsp3) is 0.500. The summed E-state index contributed by atoms with van der Waals surface area (Å²) in [4.78, 5) is 0. The maximum Gasteiger partial charge on any atom is 0.00173 e. The zero-order chi connectivity index (χ0) is 9.26. The molecule has 0 aliphatic heterocycles.